The Morgan fingerprint density at radius 3 is 2.79 bits per heavy atom. The second-order valence-electron chi connectivity index (χ2n) is 7.27. The number of carbonyl (C=O) groups excluding carboxylic acids is 1. The van der Waals surface area contributed by atoms with Crippen molar-refractivity contribution in [2.45, 2.75) is 63.8 Å². The van der Waals surface area contributed by atoms with Crippen molar-refractivity contribution in [3.8, 4) is 0 Å². The van der Waals surface area contributed by atoms with Gasteiger partial charge in [-0.1, -0.05) is 26.2 Å². The van der Waals surface area contributed by atoms with Crippen molar-refractivity contribution in [1.82, 2.24) is 9.55 Å². The van der Waals surface area contributed by atoms with E-state index >= 15 is 0 Å². The minimum absolute atomic E-state index is 0.0727. The van der Waals surface area contributed by atoms with Gasteiger partial charge in [-0.3, -0.25) is 19.1 Å². The molecule has 1 saturated carbocycles. The maximum Gasteiger partial charge on any atom is 0.330 e. The number of carbonyl (C=O) groups is 1. The van der Waals surface area contributed by atoms with Crippen LogP contribution in [0.1, 0.15) is 51.2 Å². The molecule has 0 unspecified atom stereocenters. The Morgan fingerprint density at radius 1 is 1.38 bits per heavy atom. The molecule has 0 aliphatic heterocycles. The first-order valence-corrected chi connectivity index (χ1v) is 11.2. The lowest BCUT2D eigenvalue weighted by atomic mass is 10.2. The number of unbranched alkanes of at least 4 members (excludes halogenated alkanes) is 1. The Hall–Kier alpha value is -2.42. The van der Waals surface area contributed by atoms with E-state index in [2.05, 4.69) is 4.98 Å². The summed E-state index contributed by atoms with van der Waals surface area (Å²) in [5.41, 5.74) is 5.24. The predicted molar refractivity (Wildman–Crippen MR) is 115 cm³/mol. The van der Waals surface area contributed by atoms with Gasteiger partial charge in [0.2, 0.25) is 5.91 Å². The zero-order valence-electron chi connectivity index (χ0n) is 16.7. The Labute approximate surface area is 173 Å². The molecule has 1 aliphatic carbocycles. The molecule has 3 N–H and O–H groups in total. The van der Waals surface area contributed by atoms with Gasteiger partial charge < -0.3 is 15.1 Å². The lowest BCUT2D eigenvalue weighted by molar-refractivity contribution is -0.116. The van der Waals surface area contributed by atoms with E-state index in [9.17, 15) is 14.4 Å². The summed E-state index contributed by atoms with van der Waals surface area (Å²) in [6.45, 7) is 2.42. The lowest BCUT2D eigenvalue weighted by Crippen LogP contribution is -2.46. The van der Waals surface area contributed by atoms with Crippen molar-refractivity contribution in [2.24, 2.45) is 0 Å². The number of H-pyrrole nitrogens is 1. The largest absolute Gasteiger partial charge is 0.468 e. The molecule has 29 heavy (non-hydrogen) atoms. The standard InChI is InChI=1S/C20H28N4O4S/c1-2-3-10-23-18(21)17(19(26)22-20(23)27)24(14-7-4-5-8-14)16(25)13-29-12-15-9-6-11-28-15/h6,9,11,14H,2-5,7-8,10,12-13,21H2,1H3,(H,22,26,27). The summed E-state index contributed by atoms with van der Waals surface area (Å²) in [5, 5.41) is 0. The normalized spacial score (nSPS) is 14.4. The highest BCUT2D eigenvalue weighted by molar-refractivity contribution is 7.99. The molecule has 2 aromatic rings. The van der Waals surface area contributed by atoms with Gasteiger partial charge in [-0.05, 0) is 31.4 Å². The number of anilines is 2. The molecule has 0 aromatic carbocycles. The van der Waals surface area contributed by atoms with E-state index in [1.807, 2.05) is 19.1 Å². The van der Waals surface area contributed by atoms with Gasteiger partial charge in [0.25, 0.3) is 5.56 Å². The van der Waals surface area contributed by atoms with Crippen molar-refractivity contribution < 1.29 is 9.21 Å². The van der Waals surface area contributed by atoms with Crippen LogP contribution < -0.4 is 21.9 Å². The van der Waals surface area contributed by atoms with Crippen LogP contribution >= 0.6 is 11.8 Å². The number of hydrogen-bond acceptors (Lipinski definition) is 6. The molecule has 2 aromatic heterocycles. The van der Waals surface area contributed by atoms with Crippen molar-refractivity contribution in [2.75, 3.05) is 16.4 Å². The van der Waals surface area contributed by atoms with Crippen LogP contribution in [-0.2, 0) is 17.1 Å². The molecule has 8 nitrogen and oxygen atoms in total. The molecular formula is C20H28N4O4S. The summed E-state index contributed by atoms with van der Waals surface area (Å²) in [6.07, 6.45) is 6.88. The van der Waals surface area contributed by atoms with Gasteiger partial charge in [0, 0.05) is 12.6 Å². The number of thioether (sulfide) groups is 1. The first-order valence-electron chi connectivity index (χ1n) is 10.1. The highest BCUT2D eigenvalue weighted by atomic mass is 32.2. The number of rotatable bonds is 9. The van der Waals surface area contributed by atoms with Crippen molar-refractivity contribution in [3.63, 3.8) is 0 Å². The molecule has 0 spiro atoms. The third kappa shape index (κ3) is 4.95. The van der Waals surface area contributed by atoms with Gasteiger partial charge in [0.1, 0.15) is 11.6 Å². The van der Waals surface area contributed by atoms with Crippen LogP contribution in [-0.4, -0.2) is 27.3 Å². The van der Waals surface area contributed by atoms with Crippen molar-refractivity contribution in [3.05, 3.63) is 45.0 Å². The summed E-state index contributed by atoms with van der Waals surface area (Å²) in [5.74, 6) is 1.46. The first-order chi connectivity index (χ1) is 14.0. The van der Waals surface area contributed by atoms with Gasteiger partial charge in [-0.2, -0.15) is 0 Å². The van der Waals surface area contributed by atoms with Gasteiger partial charge in [-0.15, -0.1) is 11.8 Å². The summed E-state index contributed by atoms with van der Waals surface area (Å²) in [4.78, 5) is 42.0. The Kier molecular flexibility index (Phi) is 7.24. The van der Waals surface area contributed by atoms with E-state index in [1.165, 1.54) is 21.2 Å². The zero-order valence-corrected chi connectivity index (χ0v) is 17.5. The summed E-state index contributed by atoms with van der Waals surface area (Å²) in [6, 6.07) is 3.59. The monoisotopic (exact) mass is 420 g/mol. The Balaban J connectivity index is 1.89. The number of nitrogen functional groups attached to an aromatic ring is 1. The first kappa shape index (κ1) is 21.3. The van der Waals surface area contributed by atoms with E-state index in [-0.39, 0.29) is 29.2 Å². The molecule has 0 radical (unpaired) electrons. The molecule has 0 bridgehead atoms. The second-order valence-corrected chi connectivity index (χ2v) is 8.26. The number of furan rings is 1. The molecule has 158 valence electrons. The van der Waals surface area contributed by atoms with Crippen molar-refractivity contribution in [1.29, 1.82) is 0 Å². The fourth-order valence-corrected chi connectivity index (χ4v) is 4.51. The van der Waals surface area contributed by atoms with E-state index in [0.717, 1.165) is 44.3 Å². The number of nitrogens with one attached hydrogen (secondary N) is 1. The quantitative estimate of drug-likeness (QED) is 0.645. The van der Waals surface area contributed by atoms with Crippen LogP contribution in [0.2, 0.25) is 0 Å². The van der Waals surface area contributed by atoms with E-state index in [1.54, 1.807) is 6.26 Å². The molecule has 3 rings (SSSR count). The fraction of sp³-hybridized carbons (Fsp3) is 0.550. The third-order valence-corrected chi connectivity index (χ3v) is 6.14. The zero-order chi connectivity index (χ0) is 20.8. The summed E-state index contributed by atoms with van der Waals surface area (Å²) < 4.78 is 6.67. The minimum atomic E-state index is -0.600. The van der Waals surface area contributed by atoms with E-state index < -0.39 is 11.2 Å². The summed E-state index contributed by atoms with van der Waals surface area (Å²) >= 11 is 1.43. The number of aromatic nitrogens is 2. The smallest absolute Gasteiger partial charge is 0.330 e. The molecule has 1 amide bonds. The molecule has 0 atom stereocenters. The van der Waals surface area contributed by atoms with Gasteiger partial charge in [-0.25, -0.2) is 4.79 Å². The molecule has 1 aliphatic rings. The van der Waals surface area contributed by atoms with E-state index in [0.29, 0.717) is 12.3 Å². The molecular weight excluding hydrogens is 392 g/mol. The molecule has 9 heteroatoms. The van der Waals surface area contributed by atoms with Gasteiger partial charge in [0.05, 0.1) is 17.8 Å². The van der Waals surface area contributed by atoms with Gasteiger partial charge in [0.15, 0.2) is 5.69 Å². The average Bonchev–Trinajstić information content (AvgIpc) is 3.39. The number of nitrogens with two attached hydrogens (primary N) is 1. The number of hydrogen-bond donors (Lipinski definition) is 2. The van der Waals surface area contributed by atoms with Crippen LogP contribution in [0.4, 0.5) is 11.5 Å². The van der Waals surface area contributed by atoms with Crippen LogP contribution in [0.3, 0.4) is 0 Å². The number of nitrogens with zero attached hydrogens (tertiary/aromatic N) is 2. The number of aromatic amines is 1. The topological polar surface area (TPSA) is 114 Å². The molecule has 0 saturated heterocycles. The van der Waals surface area contributed by atoms with Gasteiger partial charge >= 0.3 is 5.69 Å². The molecule has 1 fully saturated rings. The maximum absolute atomic E-state index is 13.2. The lowest BCUT2D eigenvalue weighted by Gasteiger charge is -2.30. The summed E-state index contributed by atoms with van der Waals surface area (Å²) in [7, 11) is 0. The number of amides is 1. The van der Waals surface area contributed by atoms with Crippen LogP contribution in [0.15, 0.2) is 32.4 Å². The highest BCUT2D eigenvalue weighted by Crippen LogP contribution is 2.30. The van der Waals surface area contributed by atoms with Crippen LogP contribution in [0, 0.1) is 0 Å². The molecule has 2 heterocycles. The predicted octanol–water partition coefficient (Wildman–Crippen LogP) is 2.72. The second kappa shape index (κ2) is 9.87. The van der Waals surface area contributed by atoms with Crippen molar-refractivity contribution >= 4 is 29.2 Å². The average molecular weight is 421 g/mol. The Bertz CT molecular complexity index is 929. The maximum atomic E-state index is 13.2. The van der Waals surface area contributed by atoms with Crippen LogP contribution in [0.5, 0.6) is 0 Å². The highest BCUT2D eigenvalue weighted by Gasteiger charge is 2.32. The van der Waals surface area contributed by atoms with Crippen LogP contribution in [0.25, 0.3) is 0 Å². The minimum Gasteiger partial charge on any atom is -0.468 e. The van der Waals surface area contributed by atoms with E-state index in [4.69, 9.17) is 10.2 Å². The third-order valence-electron chi connectivity index (χ3n) is 5.20. The fourth-order valence-electron chi connectivity index (χ4n) is 3.72. The SMILES string of the molecule is CCCCn1c(N)c(N(C(=O)CSCc2ccco2)C2CCCC2)c(=O)[nH]c1=O. The Morgan fingerprint density at radius 2 is 2.14 bits per heavy atom.